The zero-order valence-electron chi connectivity index (χ0n) is 18.3. The lowest BCUT2D eigenvalue weighted by Crippen LogP contribution is -2.50. The first-order valence-electron chi connectivity index (χ1n) is 10.5. The number of H-pyrrole nitrogens is 1. The first-order valence-corrected chi connectivity index (χ1v) is 13.8. The van der Waals surface area contributed by atoms with Gasteiger partial charge in [-0.1, -0.05) is 23.7 Å². The van der Waals surface area contributed by atoms with Crippen LogP contribution in [0.1, 0.15) is 0 Å². The van der Waals surface area contributed by atoms with Gasteiger partial charge < -0.3 is 4.98 Å². The molecule has 1 saturated heterocycles. The number of aromatic nitrogens is 2. The minimum absolute atomic E-state index is 0. The number of sulfonamides is 2. The predicted molar refractivity (Wildman–Crippen MR) is 138 cm³/mol. The number of rotatable bonds is 5. The maximum absolute atomic E-state index is 13.1. The highest BCUT2D eigenvalue weighted by Gasteiger charge is 2.34. The highest BCUT2D eigenvalue weighted by Crippen LogP contribution is 2.27. The van der Waals surface area contributed by atoms with Gasteiger partial charge in [-0.15, -0.1) is 12.4 Å². The van der Waals surface area contributed by atoms with Gasteiger partial charge in [0.15, 0.2) is 0 Å². The van der Waals surface area contributed by atoms with Crippen molar-refractivity contribution in [3.8, 4) is 11.1 Å². The molecule has 35 heavy (non-hydrogen) atoms. The van der Waals surface area contributed by atoms with Crippen LogP contribution in [0.2, 0.25) is 5.02 Å². The summed E-state index contributed by atoms with van der Waals surface area (Å²) in [5.74, 6) is 0. The molecule has 0 bridgehead atoms. The number of hydrogen-bond donors (Lipinski definition) is 1. The Morgan fingerprint density at radius 1 is 0.743 bits per heavy atom. The van der Waals surface area contributed by atoms with Crippen molar-refractivity contribution < 1.29 is 16.8 Å². The maximum Gasteiger partial charge on any atom is 0.258 e. The molecule has 0 unspecified atom stereocenters. The predicted octanol–water partition coefficient (Wildman–Crippen LogP) is 4.00. The van der Waals surface area contributed by atoms with Gasteiger partial charge in [0.1, 0.15) is 5.03 Å². The molecule has 0 atom stereocenters. The van der Waals surface area contributed by atoms with E-state index in [1.807, 2.05) is 12.1 Å². The number of piperazine rings is 1. The molecule has 0 saturated carbocycles. The smallest absolute Gasteiger partial charge is 0.258 e. The van der Waals surface area contributed by atoms with Gasteiger partial charge >= 0.3 is 0 Å². The van der Waals surface area contributed by atoms with E-state index in [0.29, 0.717) is 15.9 Å². The van der Waals surface area contributed by atoms with E-state index >= 15 is 0 Å². The SMILES string of the molecule is Cl.O=S(=O)(c1ccc(-c2ccncc2)cc1)N1CCN(S(=O)(=O)c2cc3cc(Cl)ccc3[nH]2)CC1. The third-order valence-electron chi connectivity index (χ3n) is 5.88. The molecular formula is C23H22Cl2N4O4S2. The van der Waals surface area contributed by atoms with Crippen molar-refractivity contribution in [2.75, 3.05) is 26.2 Å². The van der Waals surface area contributed by atoms with Crippen LogP contribution < -0.4 is 0 Å². The van der Waals surface area contributed by atoms with E-state index in [2.05, 4.69) is 9.97 Å². The van der Waals surface area contributed by atoms with Crippen LogP contribution in [0.15, 0.2) is 83.0 Å². The molecule has 0 amide bonds. The van der Waals surface area contributed by atoms with Crippen LogP contribution in [0.3, 0.4) is 0 Å². The minimum Gasteiger partial charge on any atom is -0.345 e. The number of fused-ring (bicyclic) bond motifs is 1. The van der Waals surface area contributed by atoms with Crippen LogP contribution >= 0.6 is 24.0 Å². The second-order valence-corrected chi connectivity index (χ2v) is 12.2. The van der Waals surface area contributed by atoms with Gasteiger partial charge in [-0.25, -0.2) is 16.8 Å². The average molecular weight is 553 g/mol. The van der Waals surface area contributed by atoms with E-state index in [4.69, 9.17) is 11.6 Å². The standard InChI is InChI=1S/C23H21ClN4O4S2.ClH/c24-20-3-6-22-19(15-20)16-23(26-22)34(31,32)28-13-11-27(12-14-28)33(29,30)21-4-1-17(2-5-21)18-7-9-25-10-8-18;/h1-10,15-16,26H,11-14H2;1H. The largest absolute Gasteiger partial charge is 0.345 e. The quantitative estimate of drug-likeness (QED) is 0.403. The molecule has 1 aliphatic heterocycles. The Kier molecular flexibility index (Phi) is 7.23. The highest BCUT2D eigenvalue weighted by molar-refractivity contribution is 7.89. The fraction of sp³-hybridized carbons (Fsp3) is 0.174. The van der Waals surface area contributed by atoms with Gasteiger partial charge in [0.25, 0.3) is 10.0 Å². The van der Waals surface area contributed by atoms with Gasteiger partial charge in [0.2, 0.25) is 10.0 Å². The van der Waals surface area contributed by atoms with Crippen molar-refractivity contribution >= 4 is 55.0 Å². The summed E-state index contributed by atoms with van der Waals surface area (Å²) < 4.78 is 55.2. The van der Waals surface area contributed by atoms with Crippen molar-refractivity contribution in [3.63, 3.8) is 0 Å². The number of nitrogens with zero attached hydrogens (tertiary/aromatic N) is 3. The number of benzene rings is 2. The molecule has 2 aromatic carbocycles. The number of pyridine rings is 1. The van der Waals surface area contributed by atoms with Crippen LogP contribution in [-0.2, 0) is 20.0 Å². The zero-order valence-corrected chi connectivity index (χ0v) is 21.5. The fourth-order valence-electron chi connectivity index (χ4n) is 4.02. The highest BCUT2D eigenvalue weighted by atomic mass is 35.5. The topological polar surface area (TPSA) is 103 Å². The lowest BCUT2D eigenvalue weighted by Gasteiger charge is -2.33. The Labute approximate surface area is 215 Å². The molecule has 12 heteroatoms. The molecular weight excluding hydrogens is 531 g/mol. The van der Waals surface area contributed by atoms with Gasteiger partial charge in [0, 0.05) is 54.5 Å². The summed E-state index contributed by atoms with van der Waals surface area (Å²) in [5, 5.41) is 1.28. The molecule has 5 rings (SSSR count). The van der Waals surface area contributed by atoms with E-state index < -0.39 is 20.0 Å². The number of aromatic amines is 1. The molecule has 0 radical (unpaired) electrons. The van der Waals surface area contributed by atoms with Gasteiger partial charge in [-0.2, -0.15) is 8.61 Å². The van der Waals surface area contributed by atoms with Crippen LogP contribution in [-0.4, -0.2) is 61.6 Å². The molecule has 3 heterocycles. The molecule has 8 nitrogen and oxygen atoms in total. The van der Waals surface area contributed by atoms with Crippen LogP contribution in [0.5, 0.6) is 0 Å². The van der Waals surface area contributed by atoms with Gasteiger partial charge in [-0.05, 0) is 59.7 Å². The Balaban J connectivity index is 0.00000289. The molecule has 1 N–H and O–H groups in total. The summed E-state index contributed by atoms with van der Waals surface area (Å²) in [5.41, 5.74) is 2.49. The number of nitrogens with one attached hydrogen (secondary N) is 1. The van der Waals surface area contributed by atoms with E-state index in [1.54, 1.807) is 60.9 Å². The molecule has 1 fully saturated rings. The van der Waals surface area contributed by atoms with E-state index in [-0.39, 0.29) is 48.5 Å². The number of hydrogen-bond acceptors (Lipinski definition) is 5. The van der Waals surface area contributed by atoms with E-state index in [9.17, 15) is 16.8 Å². The third-order valence-corrected chi connectivity index (χ3v) is 9.85. The Hall–Kier alpha value is -2.47. The van der Waals surface area contributed by atoms with Gasteiger partial charge in [-0.3, -0.25) is 4.98 Å². The van der Waals surface area contributed by atoms with Crippen molar-refractivity contribution in [2.45, 2.75) is 9.92 Å². The maximum atomic E-state index is 13.1. The lowest BCUT2D eigenvalue weighted by molar-refractivity contribution is 0.272. The van der Waals surface area contributed by atoms with Crippen molar-refractivity contribution in [1.29, 1.82) is 0 Å². The summed E-state index contributed by atoms with van der Waals surface area (Å²) >= 11 is 6.00. The minimum atomic E-state index is -3.80. The molecule has 0 aliphatic carbocycles. The monoisotopic (exact) mass is 552 g/mol. The third kappa shape index (κ3) is 4.95. The molecule has 184 valence electrons. The summed E-state index contributed by atoms with van der Waals surface area (Å²) in [6.07, 6.45) is 3.36. The summed E-state index contributed by atoms with van der Waals surface area (Å²) in [6, 6.07) is 17.0. The van der Waals surface area contributed by atoms with E-state index in [1.165, 1.54) is 8.61 Å². The Morgan fingerprint density at radius 3 is 1.94 bits per heavy atom. The van der Waals surface area contributed by atoms with Gasteiger partial charge in [0.05, 0.1) is 4.90 Å². The number of halogens is 2. The molecule has 4 aromatic rings. The van der Waals surface area contributed by atoms with Crippen molar-refractivity contribution in [3.05, 3.63) is 78.1 Å². The van der Waals surface area contributed by atoms with E-state index in [0.717, 1.165) is 11.1 Å². The Morgan fingerprint density at radius 2 is 1.31 bits per heavy atom. The molecule has 1 aliphatic rings. The first-order chi connectivity index (χ1) is 16.2. The summed E-state index contributed by atoms with van der Waals surface area (Å²) in [6.45, 7) is 0.263. The average Bonchev–Trinajstić information content (AvgIpc) is 3.29. The van der Waals surface area contributed by atoms with Crippen LogP contribution in [0.25, 0.3) is 22.0 Å². The lowest BCUT2D eigenvalue weighted by atomic mass is 10.1. The molecule has 2 aromatic heterocycles. The van der Waals surface area contributed by atoms with Crippen LogP contribution in [0, 0.1) is 0 Å². The second kappa shape index (κ2) is 9.88. The Bertz CT molecular complexity index is 1550. The zero-order chi connectivity index (χ0) is 23.9. The van der Waals surface area contributed by atoms with Crippen molar-refractivity contribution in [1.82, 2.24) is 18.6 Å². The summed E-state index contributed by atoms with van der Waals surface area (Å²) in [4.78, 5) is 7.09. The normalized spacial score (nSPS) is 15.7. The molecule has 0 spiro atoms. The second-order valence-electron chi connectivity index (χ2n) is 7.93. The first kappa shape index (κ1) is 25.6. The van der Waals surface area contributed by atoms with Crippen LogP contribution in [0.4, 0.5) is 0 Å². The summed E-state index contributed by atoms with van der Waals surface area (Å²) in [7, 11) is -7.54. The van der Waals surface area contributed by atoms with Crippen molar-refractivity contribution in [2.24, 2.45) is 0 Å². The fourth-order valence-corrected chi connectivity index (χ4v) is 7.06.